The van der Waals surface area contributed by atoms with E-state index in [9.17, 15) is 14.4 Å². The Bertz CT molecular complexity index is 1410. The fourth-order valence-electron chi connectivity index (χ4n) is 10.3. The van der Waals surface area contributed by atoms with Crippen molar-refractivity contribution in [2.45, 2.75) is 374 Å². The molecule has 0 radical (unpaired) electrons. The predicted molar refractivity (Wildman–Crippen MR) is 344 cm³/mol. The van der Waals surface area contributed by atoms with Gasteiger partial charge in [0.1, 0.15) is 13.2 Å². The second-order valence-electron chi connectivity index (χ2n) is 23.4. The van der Waals surface area contributed by atoms with Crippen LogP contribution in [0.15, 0.2) is 60.8 Å². The summed E-state index contributed by atoms with van der Waals surface area (Å²) in [5, 5.41) is 0. The molecule has 0 aliphatic heterocycles. The number of allylic oxidation sites excluding steroid dienone is 10. The molecule has 0 aliphatic carbocycles. The lowest BCUT2D eigenvalue weighted by molar-refractivity contribution is -0.167. The lowest BCUT2D eigenvalue weighted by atomic mass is 10.0. The summed E-state index contributed by atoms with van der Waals surface area (Å²) in [5.74, 6) is -0.895. The first-order valence-electron chi connectivity index (χ1n) is 34.8. The van der Waals surface area contributed by atoms with Crippen LogP contribution in [0, 0.1) is 0 Å². The Kier molecular flexibility index (Phi) is 65.1. The molecule has 1 atom stereocenters. The molecule has 0 spiro atoms. The van der Waals surface area contributed by atoms with E-state index in [1.807, 2.05) is 0 Å². The monoisotopic (exact) mass is 1110 g/mol. The van der Waals surface area contributed by atoms with E-state index in [4.69, 9.17) is 14.2 Å². The summed E-state index contributed by atoms with van der Waals surface area (Å²) in [5.41, 5.74) is 0. The minimum atomic E-state index is -0.791. The minimum absolute atomic E-state index is 0.0836. The third kappa shape index (κ3) is 65.8. The summed E-state index contributed by atoms with van der Waals surface area (Å²) < 4.78 is 16.9. The van der Waals surface area contributed by atoms with Gasteiger partial charge in [-0.2, -0.15) is 0 Å². The number of hydrogen-bond donors (Lipinski definition) is 0. The van der Waals surface area contributed by atoms with Crippen LogP contribution < -0.4 is 0 Å². The number of ether oxygens (including phenoxy) is 3. The summed E-state index contributed by atoms with van der Waals surface area (Å²) in [6.45, 7) is 6.56. The van der Waals surface area contributed by atoms with Crippen molar-refractivity contribution in [2.24, 2.45) is 0 Å². The normalized spacial score (nSPS) is 12.4. The van der Waals surface area contributed by atoms with E-state index in [1.165, 1.54) is 225 Å². The van der Waals surface area contributed by atoms with Gasteiger partial charge in [-0.15, -0.1) is 0 Å². The van der Waals surface area contributed by atoms with Gasteiger partial charge in [-0.1, -0.05) is 326 Å². The number of carbonyl (C=O) groups is 3. The molecular formula is C73H132O6. The Balaban J connectivity index is 4.26. The van der Waals surface area contributed by atoms with Crippen LogP contribution in [0.4, 0.5) is 0 Å². The number of rotatable bonds is 64. The standard InChI is InChI=1S/C73H132O6/c1-4-7-10-13-16-19-22-25-28-31-32-33-34-35-36-37-38-39-40-41-43-45-48-51-54-57-60-63-66-72(75)78-69-70(68-77-71(74)65-62-59-56-53-50-47-44-30-27-24-21-18-15-12-9-6-3)79-73(76)67-64-61-58-55-52-49-46-42-29-26-23-20-17-14-11-8-5-2/h8,11,17,20,26,29-30,44,46,49,70H,4-7,9-10,12-16,18-19,21-25,27-28,31-43,45,47-48,50-69H2,1-3H3/b11-8-,20-17-,29-26-,44-30-,49-46-. The Hall–Kier alpha value is -2.89. The van der Waals surface area contributed by atoms with E-state index >= 15 is 0 Å². The Morgan fingerprint density at radius 3 is 0.785 bits per heavy atom. The van der Waals surface area contributed by atoms with Crippen LogP contribution >= 0.6 is 0 Å². The lowest BCUT2D eigenvalue weighted by Crippen LogP contribution is -2.30. The van der Waals surface area contributed by atoms with Gasteiger partial charge in [0.15, 0.2) is 6.10 Å². The number of hydrogen-bond acceptors (Lipinski definition) is 6. The van der Waals surface area contributed by atoms with Crippen molar-refractivity contribution in [3.63, 3.8) is 0 Å². The Labute approximate surface area is 491 Å². The lowest BCUT2D eigenvalue weighted by Gasteiger charge is -2.18. The first-order valence-corrected chi connectivity index (χ1v) is 34.8. The van der Waals surface area contributed by atoms with Gasteiger partial charge in [-0.3, -0.25) is 14.4 Å². The van der Waals surface area contributed by atoms with Crippen molar-refractivity contribution in [3.8, 4) is 0 Å². The molecule has 6 nitrogen and oxygen atoms in total. The van der Waals surface area contributed by atoms with Crippen LogP contribution in [-0.2, 0) is 28.6 Å². The molecule has 0 saturated heterocycles. The molecule has 460 valence electrons. The highest BCUT2D eigenvalue weighted by Gasteiger charge is 2.19. The Morgan fingerprint density at radius 1 is 0.266 bits per heavy atom. The van der Waals surface area contributed by atoms with Crippen LogP contribution in [-0.4, -0.2) is 37.2 Å². The highest BCUT2D eigenvalue weighted by molar-refractivity contribution is 5.71. The fourth-order valence-corrected chi connectivity index (χ4v) is 10.3. The largest absolute Gasteiger partial charge is 0.462 e. The second kappa shape index (κ2) is 67.6. The molecule has 79 heavy (non-hydrogen) atoms. The molecule has 0 aromatic rings. The van der Waals surface area contributed by atoms with Gasteiger partial charge in [-0.05, 0) is 83.5 Å². The number of unbranched alkanes of at least 4 members (excludes halogenated alkanes) is 43. The second-order valence-corrected chi connectivity index (χ2v) is 23.4. The molecule has 0 fully saturated rings. The van der Waals surface area contributed by atoms with Crippen molar-refractivity contribution in [3.05, 3.63) is 60.8 Å². The molecule has 0 N–H and O–H groups in total. The fraction of sp³-hybridized carbons (Fsp3) is 0.822. The molecule has 0 bridgehead atoms. The summed E-state index contributed by atoms with van der Waals surface area (Å²) in [6, 6.07) is 0. The molecule has 0 heterocycles. The van der Waals surface area contributed by atoms with Gasteiger partial charge in [0.2, 0.25) is 0 Å². The zero-order valence-electron chi connectivity index (χ0n) is 52.9. The molecular weight excluding hydrogens is 973 g/mol. The first kappa shape index (κ1) is 76.1. The minimum Gasteiger partial charge on any atom is -0.462 e. The molecule has 0 aromatic carbocycles. The summed E-state index contributed by atoms with van der Waals surface area (Å²) in [7, 11) is 0. The maximum atomic E-state index is 12.9. The highest BCUT2D eigenvalue weighted by atomic mass is 16.6. The van der Waals surface area contributed by atoms with E-state index in [1.54, 1.807) is 0 Å². The summed E-state index contributed by atoms with van der Waals surface area (Å²) in [4.78, 5) is 38.4. The van der Waals surface area contributed by atoms with Crippen molar-refractivity contribution in [2.75, 3.05) is 13.2 Å². The average molecular weight is 1110 g/mol. The zero-order valence-corrected chi connectivity index (χ0v) is 52.9. The van der Waals surface area contributed by atoms with E-state index in [-0.39, 0.29) is 31.1 Å². The number of esters is 3. The van der Waals surface area contributed by atoms with Crippen molar-refractivity contribution < 1.29 is 28.6 Å². The van der Waals surface area contributed by atoms with Crippen LogP contribution in [0.1, 0.15) is 367 Å². The maximum absolute atomic E-state index is 12.9. The van der Waals surface area contributed by atoms with Gasteiger partial charge in [0.05, 0.1) is 0 Å². The van der Waals surface area contributed by atoms with Crippen LogP contribution in [0.2, 0.25) is 0 Å². The van der Waals surface area contributed by atoms with Crippen LogP contribution in [0.5, 0.6) is 0 Å². The summed E-state index contributed by atoms with van der Waals surface area (Å²) >= 11 is 0. The smallest absolute Gasteiger partial charge is 0.306 e. The number of carbonyl (C=O) groups excluding carboxylic acids is 3. The van der Waals surface area contributed by atoms with E-state index in [2.05, 4.69) is 81.5 Å². The predicted octanol–water partition coefficient (Wildman–Crippen LogP) is 23.9. The van der Waals surface area contributed by atoms with Crippen molar-refractivity contribution >= 4 is 17.9 Å². The van der Waals surface area contributed by atoms with Gasteiger partial charge >= 0.3 is 17.9 Å². The van der Waals surface area contributed by atoms with E-state index < -0.39 is 6.10 Å². The molecule has 6 heteroatoms. The summed E-state index contributed by atoms with van der Waals surface area (Å²) in [6.07, 6.45) is 86.8. The van der Waals surface area contributed by atoms with Gasteiger partial charge in [0, 0.05) is 19.3 Å². The average Bonchev–Trinajstić information content (AvgIpc) is 3.45. The van der Waals surface area contributed by atoms with Crippen LogP contribution in [0.3, 0.4) is 0 Å². The molecule has 0 amide bonds. The van der Waals surface area contributed by atoms with Crippen molar-refractivity contribution in [1.29, 1.82) is 0 Å². The third-order valence-electron chi connectivity index (χ3n) is 15.5. The molecule has 0 aromatic heterocycles. The highest BCUT2D eigenvalue weighted by Crippen LogP contribution is 2.18. The zero-order chi connectivity index (χ0) is 57.1. The van der Waals surface area contributed by atoms with Gasteiger partial charge < -0.3 is 14.2 Å². The Morgan fingerprint density at radius 2 is 0.494 bits per heavy atom. The molecule has 0 rings (SSSR count). The maximum Gasteiger partial charge on any atom is 0.306 e. The topological polar surface area (TPSA) is 78.9 Å². The molecule has 0 aliphatic rings. The van der Waals surface area contributed by atoms with Crippen molar-refractivity contribution in [1.82, 2.24) is 0 Å². The van der Waals surface area contributed by atoms with Crippen LogP contribution in [0.25, 0.3) is 0 Å². The van der Waals surface area contributed by atoms with E-state index in [0.29, 0.717) is 19.3 Å². The van der Waals surface area contributed by atoms with Gasteiger partial charge in [-0.25, -0.2) is 0 Å². The van der Waals surface area contributed by atoms with E-state index in [0.717, 1.165) is 103 Å². The quantitative estimate of drug-likeness (QED) is 0.0261. The molecule has 0 saturated carbocycles. The SMILES string of the molecule is CC/C=C\C/C=C\C/C=C\C/C=C\CCCCCCC(=O)OC(COC(=O)CCCCCCC/C=C\CCCCCCCCC)COC(=O)CCCCCCCCCCCCCCCCCCCCCCCCCCCCCC. The molecule has 1 unspecified atom stereocenters. The first-order chi connectivity index (χ1) is 39.0. The third-order valence-corrected chi connectivity index (χ3v) is 15.5. The van der Waals surface area contributed by atoms with Gasteiger partial charge in [0.25, 0.3) is 0 Å².